The fourth-order valence-corrected chi connectivity index (χ4v) is 3.41. The van der Waals surface area contributed by atoms with Crippen molar-refractivity contribution in [1.82, 2.24) is 19.4 Å². The maximum atomic E-state index is 10.3. The first kappa shape index (κ1) is 28.4. The number of carbonyl (C=O) groups is 3. The lowest BCUT2D eigenvalue weighted by Gasteiger charge is -2.22. The number of aliphatic hydroxyl groups is 1. The third-order valence-corrected chi connectivity index (χ3v) is 5.40. The molecule has 0 aliphatic rings. The quantitative estimate of drug-likeness (QED) is 0.296. The average molecular weight is 519 g/mol. The van der Waals surface area contributed by atoms with Gasteiger partial charge in [-0.3, -0.25) is 19.5 Å². The molecule has 1 aromatic carbocycles. The molecule has 0 bridgehead atoms. The number of halogens is 1. The van der Waals surface area contributed by atoms with Gasteiger partial charge < -0.3 is 25.0 Å². The van der Waals surface area contributed by atoms with E-state index in [1.54, 1.807) is 0 Å². The van der Waals surface area contributed by atoms with Crippen LogP contribution in [0.25, 0.3) is 0 Å². The molecule has 0 amide bonds. The second-order valence-electron chi connectivity index (χ2n) is 7.99. The van der Waals surface area contributed by atoms with Gasteiger partial charge in [-0.2, -0.15) is 0 Å². The molecule has 0 saturated heterocycles. The highest BCUT2D eigenvalue weighted by atomic mass is 35.5. The molecule has 11 nitrogen and oxygen atoms in total. The molecular weight excluding hydrogens is 492 g/mol. The van der Waals surface area contributed by atoms with Gasteiger partial charge in [-0.1, -0.05) is 35.9 Å². The first-order valence-corrected chi connectivity index (χ1v) is 11.1. The van der Waals surface area contributed by atoms with E-state index in [1.807, 2.05) is 66.6 Å². The van der Waals surface area contributed by atoms with Crippen LogP contribution in [0.15, 0.2) is 61.1 Å². The summed E-state index contributed by atoms with van der Waals surface area (Å²) in [6, 6.07) is 13.9. The van der Waals surface area contributed by atoms with Crippen LogP contribution >= 0.6 is 11.6 Å². The number of aliphatic carboxylic acids is 3. The highest BCUT2D eigenvalue weighted by molar-refractivity contribution is 6.31. The first-order valence-electron chi connectivity index (χ1n) is 10.7. The number of rotatable bonds is 11. The number of pyridine rings is 1. The Morgan fingerprint density at radius 2 is 1.56 bits per heavy atom. The molecule has 0 unspecified atom stereocenters. The van der Waals surface area contributed by atoms with E-state index in [-0.39, 0.29) is 0 Å². The van der Waals surface area contributed by atoms with Crippen molar-refractivity contribution in [2.45, 2.75) is 38.1 Å². The maximum absolute atomic E-state index is 10.3. The molecule has 0 fully saturated rings. The van der Waals surface area contributed by atoms with E-state index in [2.05, 4.69) is 20.9 Å². The van der Waals surface area contributed by atoms with Crippen molar-refractivity contribution in [1.29, 1.82) is 0 Å². The minimum absolute atomic E-state index is 0.741. The molecule has 2 aromatic heterocycles. The molecule has 36 heavy (non-hydrogen) atoms. The summed E-state index contributed by atoms with van der Waals surface area (Å²) < 4.78 is 2.04. The number of carboxylic acid groups (broad SMARTS) is 3. The summed E-state index contributed by atoms with van der Waals surface area (Å²) in [6.45, 7) is 2.24. The lowest BCUT2D eigenvalue weighted by molar-refractivity contribution is -0.170. The molecule has 2 heterocycles. The van der Waals surface area contributed by atoms with Gasteiger partial charge >= 0.3 is 17.9 Å². The zero-order chi connectivity index (χ0) is 26.7. The van der Waals surface area contributed by atoms with Gasteiger partial charge in [-0.15, -0.1) is 0 Å². The number of aryl methyl sites for hydroxylation is 1. The molecule has 0 spiro atoms. The van der Waals surface area contributed by atoms with Gasteiger partial charge in [0.2, 0.25) is 0 Å². The van der Waals surface area contributed by atoms with Crippen LogP contribution in [0.1, 0.15) is 29.9 Å². The van der Waals surface area contributed by atoms with Crippen molar-refractivity contribution in [2.75, 3.05) is 0 Å². The predicted octanol–water partition coefficient (Wildman–Crippen LogP) is 2.42. The number of carboxylic acids is 3. The van der Waals surface area contributed by atoms with Crippen molar-refractivity contribution in [3.05, 3.63) is 83.2 Å². The van der Waals surface area contributed by atoms with Crippen molar-refractivity contribution < 1.29 is 34.8 Å². The van der Waals surface area contributed by atoms with Crippen LogP contribution in [0.3, 0.4) is 0 Å². The Labute approximate surface area is 212 Å². The molecular formula is C24H27ClN4O7. The Kier molecular flexibility index (Phi) is 10.5. The van der Waals surface area contributed by atoms with Crippen LogP contribution in [-0.2, 0) is 41.1 Å². The summed E-state index contributed by atoms with van der Waals surface area (Å²) in [5.41, 5.74) is -0.592. The summed E-state index contributed by atoms with van der Waals surface area (Å²) in [4.78, 5) is 41.6. The Morgan fingerprint density at radius 3 is 2.06 bits per heavy atom. The van der Waals surface area contributed by atoms with Crippen LogP contribution in [-0.4, -0.2) is 63.4 Å². The Bertz CT molecular complexity index is 1150. The second-order valence-corrected chi connectivity index (χ2v) is 8.40. The Morgan fingerprint density at radius 1 is 0.917 bits per heavy atom. The average Bonchev–Trinajstić information content (AvgIpc) is 3.19. The lowest BCUT2D eigenvalue weighted by atomic mass is 9.96. The SMILES string of the molecule is Cn1ccnc1CN(Cc1ccccn1)Cc1ccccc1Cl.O=C(O)CC(O)(CC(=O)O)C(=O)O. The summed E-state index contributed by atoms with van der Waals surface area (Å²) in [5.74, 6) is -4.00. The van der Waals surface area contributed by atoms with E-state index in [4.69, 9.17) is 32.0 Å². The monoisotopic (exact) mass is 518 g/mol. The largest absolute Gasteiger partial charge is 0.481 e. The molecule has 0 saturated carbocycles. The van der Waals surface area contributed by atoms with Gasteiger partial charge in [0.05, 0.1) is 25.1 Å². The fraction of sp³-hybridized carbons (Fsp3) is 0.292. The summed E-state index contributed by atoms with van der Waals surface area (Å²) >= 11 is 6.32. The molecule has 12 heteroatoms. The second kappa shape index (κ2) is 13.3. The standard InChI is InChI=1S/C18H19ClN4.C6H8O7/c1-22-11-10-21-18(22)14-23(13-16-7-4-5-9-20-16)12-15-6-2-3-8-17(15)19;7-3(8)1-6(13,5(11)12)2-4(9)10/h2-11H,12-14H2,1H3;13H,1-2H2,(H,7,8)(H,9,10)(H,11,12). The van der Waals surface area contributed by atoms with E-state index in [0.29, 0.717) is 0 Å². The molecule has 0 atom stereocenters. The maximum Gasteiger partial charge on any atom is 0.336 e. The number of nitrogens with zero attached hydrogens (tertiary/aromatic N) is 4. The summed E-state index contributed by atoms with van der Waals surface area (Å²) in [7, 11) is 2.01. The third kappa shape index (κ3) is 9.10. The zero-order valence-electron chi connectivity index (χ0n) is 19.5. The van der Waals surface area contributed by atoms with Crippen molar-refractivity contribution in [3.63, 3.8) is 0 Å². The third-order valence-electron chi connectivity index (χ3n) is 5.03. The van der Waals surface area contributed by atoms with Crippen molar-refractivity contribution in [3.8, 4) is 0 Å². The highest BCUT2D eigenvalue weighted by Crippen LogP contribution is 2.19. The molecule has 0 aliphatic carbocycles. The van der Waals surface area contributed by atoms with E-state index < -0.39 is 36.4 Å². The first-order chi connectivity index (χ1) is 17.0. The van der Waals surface area contributed by atoms with Crippen LogP contribution in [0, 0.1) is 0 Å². The fourth-order valence-electron chi connectivity index (χ4n) is 3.22. The minimum Gasteiger partial charge on any atom is -0.481 e. The number of hydrogen-bond acceptors (Lipinski definition) is 7. The molecule has 4 N–H and O–H groups in total. The summed E-state index contributed by atoms with van der Waals surface area (Å²) in [6.07, 6.45) is 3.32. The zero-order valence-corrected chi connectivity index (χ0v) is 20.2. The van der Waals surface area contributed by atoms with Crippen molar-refractivity contribution >= 4 is 29.5 Å². The number of hydrogen-bond donors (Lipinski definition) is 4. The number of imidazole rings is 1. The summed E-state index contributed by atoms with van der Waals surface area (Å²) in [5, 5.41) is 34.6. The predicted molar refractivity (Wildman–Crippen MR) is 129 cm³/mol. The van der Waals surface area contributed by atoms with Crippen LogP contribution in [0.2, 0.25) is 5.02 Å². The van der Waals surface area contributed by atoms with Crippen LogP contribution in [0.4, 0.5) is 0 Å². The van der Waals surface area contributed by atoms with Gasteiger partial charge in [-0.05, 0) is 23.8 Å². The van der Waals surface area contributed by atoms with Gasteiger partial charge in [-0.25, -0.2) is 9.78 Å². The molecule has 3 aromatic rings. The smallest absolute Gasteiger partial charge is 0.336 e. The number of benzene rings is 1. The topological polar surface area (TPSA) is 166 Å². The number of aromatic nitrogens is 3. The highest BCUT2D eigenvalue weighted by Gasteiger charge is 2.40. The van der Waals surface area contributed by atoms with E-state index in [0.717, 1.165) is 41.7 Å². The van der Waals surface area contributed by atoms with Crippen LogP contribution < -0.4 is 0 Å². The molecule has 3 rings (SSSR count). The Hall–Kier alpha value is -3.80. The van der Waals surface area contributed by atoms with Gasteiger partial charge in [0.25, 0.3) is 0 Å². The molecule has 0 radical (unpaired) electrons. The van der Waals surface area contributed by atoms with E-state index in [9.17, 15) is 14.4 Å². The van der Waals surface area contributed by atoms with Gasteiger partial charge in [0, 0.05) is 43.8 Å². The normalized spacial score (nSPS) is 11.0. The minimum atomic E-state index is -2.74. The molecule has 192 valence electrons. The molecule has 0 aliphatic heterocycles. The van der Waals surface area contributed by atoms with Crippen molar-refractivity contribution in [2.24, 2.45) is 7.05 Å². The van der Waals surface area contributed by atoms with E-state index in [1.165, 1.54) is 0 Å². The van der Waals surface area contributed by atoms with Gasteiger partial charge in [0.1, 0.15) is 5.82 Å². The van der Waals surface area contributed by atoms with Gasteiger partial charge in [0.15, 0.2) is 5.60 Å². The van der Waals surface area contributed by atoms with Crippen LogP contribution in [0.5, 0.6) is 0 Å². The van der Waals surface area contributed by atoms with E-state index >= 15 is 0 Å². The lowest BCUT2D eigenvalue weighted by Crippen LogP contribution is -2.42. The Balaban J connectivity index is 0.000000302.